The molecule has 0 bridgehead atoms. The Morgan fingerprint density at radius 1 is 1.23 bits per heavy atom. The van der Waals surface area contributed by atoms with Crippen LogP contribution >= 0.6 is 11.6 Å². The first-order valence-electron chi connectivity index (χ1n) is 10.2. The van der Waals surface area contributed by atoms with Gasteiger partial charge in [-0.2, -0.15) is 0 Å². The Labute approximate surface area is 180 Å². The van der Waals surface area contributed by atoms with Crippen molar-refractivity contribution in [1.82, 2.24) is 4.90 Å². The van der Waals surface area contributed by atoms with E-state index in [0.29, 0.717) is 11.4 Å². The number of primary amides is 1. The molecule has 30 heavy (non-hydrogen) atoms. The highest BCUT2D eigenvalue weighted by atomic mass is 35.5. The minimum atomic E-state index is -0.714. The molecule has 6 nitrogen and oxygen atoms in total. The summed E-state index contributed by atoms with van der Waals surface area (Å²) in [7, 11) is 1.83. The van der Waals surface area contributed by atoms with E-state index >= 15 is 0 Å². The summed E-state index contributed by atoms with van der Waals surface area (Å²) in [6.07, 6.45) is 1.31. The van der Waals surface area contributed by atoms with Crippen LogP contribution in [0.2, 0.25) is 5.02 Å². The van der Waals surface area contributed by atoms with Crippen molar-refractivity contribution in [3.63, 3.8) is 0 Å². The lowest BCUT2D eigenvalue weighted by Crippen LogP contribution is -2.42. The molecule has 2 amide bonds. The summed E-state index contributed by atoms with van der Waals surface area (Å²) in [6, 6.07) is 11.9. The van der Waals surface area contributed by atoms with Gasteiger partial charge in [0, 0.05) is 37.4 Å². The molecule has 1 spiro atoms. The normalized spacial score (nSPS) is 22.4. The van der Waals surface area contributed by atoms with E-state index in [-0.39, 0.29) is 5.91 Å². The number of hydrogen-bond donors (Lipinski definition) is 1. The fraction of sp³-hybridized carbons (Fsp3) is 0.391. The molecule has 0 radical (unpaired) electrons. The van der Waals surface area contributed by atoms with E-state index in [9.17, 15) is 9.59 Å². The summed E-state index contributed by atoms with van der Waals surface area (Å²) < 4.78 is 6.26. The van der Waals surface area contributed by atoms with Crippen molar-refractivity contribution in [2.24, 2.45) is 5.73 Å². The number of halogens is 1. The molecular formula is C23H24ClN3O3. The van der Waals surface area contributed by atoms with Crippen LogP contribution in [0, 0.1) is 0 Å². The van der Waals surface area contributed by atoms with Crippen molar-refractivity contribution < 1.29 is 14.3 Å². The lowest BCUT2D eigenvalue weighted by molar-refractivity contribution is -0.148. The largest absolute Gasteiger partial charge is 0.367 e. The maximum Gasteiger partial charge on any atom is 0.251 e. The molecule has 0 aliphatic carbocycles. The predicted molar refractivity (Wildman–Crippen MR) is 114 cm³/mol. The van der Waals surface area contributed by atoms with E-state index in [1.54, 1.807) is 11.0 Å². The number of amides is 2. The molecule has 2 aromatic carbocycles. The summed E-state index contributed by atoms with van der Waals surface area (Å²) in [5.74, 6) is -0.323. The van der Waals surface area contributed by atoms with E-state index in [1.807, 2.05) is 19.2 Å². The molecule has 3 heterocycles. The molecule has 1 unspecified atom stereocenters. The lowest BCUT2D eigenvalue weighted by Gasteiger charge is -2.39. The number of carbonyl (C=O) groups is 2. The molecular weight excluding hydrogens is 402 g/mol. The summed E-state index contributed by atoms with van der Waals surface area (Å²) in [6.45, 7) is 2.49. The number of ether oxygens (including phenoxy) is 1. The van der Waals surface area contributed by atoms with Crippen LogP contribution in [0.1, 0.15) is 41.2 Å². The molecule has 2 N–H and O–H groups in total. The van der Waals surface area contributed by atoms with Gasteiger partial charge in [-0.1, -0.05) is 29.8 Å². The maximum atomic E-state index is 11.9. The molecule has 1 fully saturated rings. The van der Waals surface area contributed by atoms with E-state index in [2.05, 4.69) is 23.1 Å². The topological polar surface area (TPSA) is 75.9 Å². The zero-order valence-corrected chi connectivity index (χ0v) is 17.6. The number of nitrogens with zero attached hydrogens (tertiary/aromatic N) is 2. The van der Waals surface area contributed by atoms with Gasteiger partial charge in [-0.25, -0.2) is 0 Å². The number of anilines is 1. The molecule has 2 aromatic rings. The maximum absolute atomic E-state index is 11.9. The molecule has 5 rings (SSSR count). The first-order chi connectivity index (χ1) is 14.4. The van der Waals surface area contributed by atoms with Crippen molar-refractivity contribution in [2.45, 2.75) is 37.5 Å². The van der Waals surface area contributed by atoms with Gasteiger partial charge in [-0.3, -0.25) is 14.5 Å². The van der Waals surface area contributed by atoms with Crippen molar-refractivity contribution in [3.8, 4) is 0 Å². The average molecular weight is 426 g/mol. The van der Waals surface area contributed by atoms with Gasteiger partial charge in [-0.05, 0) is 53.3 Å². The summed E-state index contributed by atoms with van der Waals surface area (Å²) in [5.41, 5.74) is 10.2. The van der Waals surface area contributed by atoms with E-state index < -0.39 is 17.6 Å². The average Bonchev–Trinajstić information content (AvgIpc) is 3.19. The van der Waals surface area contributed by atoms with Gasteiger partial charge in [-0.15, -0.1) is 0 Å². The van der Waals surface area contributed by atoms with Crippen LogP contribution in [0.3, 0.4) is 0 Å². The van der Waals surface area contributed by atoms with Gasteiger partial charge in [0.15, 0.2) is 6.10 Å². The molecule has 1 atom stereocenters. The second kappa shape index (κ2) is 7.08. The van der Waals surface area contributed by atoms with Crippen molar-refractivity contribution in [2.75, 3.05) is 25.0 Å². The standard InChI is InChI=1S/C23H24ClN3O3/c1-26-19-10-14(2-3-15(19)11-20(26)28)13-27-8-6-23(7-9-27)18-12-16(24)4-5-17(18)21(30-23)22(25)29/h2-5,10,12,21H,6-9,11,13H2,1H3,(H2,25,29). The van der Waals surface area contributed by atoms with Crippen LogP contribution in [0.4, 0.5) is 5.69 Å². The highest BCUT2D eigenvalue weighted by Gasteiger charge is 2.48. The van der Waals surface area contributed by atoms with Crippen LogP contribution in [0.25, 0.3) is 0 Å². The molecule has 3 aliphatic heterocycles. The Morgan fingerprint density at radius 2 is 2.00 bits per heavy atom. The third-order valence-electron chi connectivity index (χ3n) is 6.69. The van der Waals surface area contributed by atoms with E-state index in [4.69, 9.17) is 22.1 Å². The van der Waals surface area contributed by atoms with Gasteiger partial charge in [0.05, 0.1) is 12.0 Å². The number of likely N-dealkylation sites (N-methyl/N-ethyl adjacent to an activating group) is 1. The molecule has 156 valence electrons. The third-order valence-corrected chi connectivity index (χ3v) is 6.92. The van der Waals surface area contributed by atoms with Gasteiger partial charge < -0.3 is 15.4 Å². The summed E-state index contributed by atoms with van der Waals surface area (Å²) in [4.78, 5) is 28.0. The molecule has 3 aliphatic rings. The van der Waals surface area contributed by atoms with Gasteiger partial charge in [0.2, 0.25) is 5.91 Å². The monoisotopic (exact) mass is 425 g/mol. The molecule has 1 saturated heterocycles. The summed E-state index contributed by atoms with van der Waals surface area (Å²) in [5, 5.41) is 0.640. The highest BCUT2D eigenvalue weighted by Crippen LogP contribution is 2.50. The Balaban J connectivity index is 1.32. The van der Waals surface area contributed by atoms with Crippen molar-refractivity contribution in [3.05, 3.63) is 63.7 Å². The number of nitrogens with two attached hydrogens (primary N) is 1. The summed E-state index contributed by atoms with van der Waals surface area (Å²) >= 11 is 6.25. The second-order valence-electron chi connectivity index (χ2n) is 8.49. The van der Waals surface area contributed by atoms with E-state index in [0.717, 1.165) is 54.9 Å². The number of hydrogen-bond acceptors (Lipinski definition) is 4. The lowest BCUT2D eigenvalue weighted by atomic mass is 9.83. The van der Waals surface area contributed by atoms with Crippen molar-refractivity contribution >= 4 is 29.1 Å². The van der Waals surface area contributed by atoms with Crippen molar-refractivity contribution in [1.29, 1.82) is 0 Å². The first-order valence-corrected chi connectivity index (χ1v) is 10.6. The van der Waals surface area contributed by atoms with Gasteiger partial charge in [0.25, 0.3) is 5.91 Å². The number of likely N-dealkylation sites (tertiary alicyclic amines) is 1. The molecule has 0 saturated carbocycles. The number of piperidine rings is 1. The fourth-order valence-corrected chi connectivity index (χ4v) is 5.19. The molecule has 7 heteroatoms. The minimum Gasteiger partial charge on any atom is -0.367 e. The smallest absolute Gasteiger partial charge is 0.251 e. The number of fused-ring (bicyclic) bond motifs is 3. The van der Waals surface area contributed by atoms with E-state index in [1.165, 1.54) is 5.56 Å². The Morgan fingerprint density at radius 3 is 2.73 bits per heavy atom. The van der Waals surface area contributed by atoms with Crippen LogP contribution in [-0.4, -0.2) is 36.9 Å². The number of carbonyl (C=O) groups excluding carboxylic acids is 2. The van der Waals surface area contributed by atoms with Gasteiger partial charge >= 0.3 is 0 Å². The third kappa shape index (κ3) is 3.11. The van der Waals surface area contributed by atoms with Crippen LogP contribution in [0.5, 0.6) is 0 Å². The zero-order valence-electron chi connectivity index (χ0n) is 16.9. The molecule has 0 aromatic heterocycles. The number of rotatable bonds is 3. The van der Waals surface area contributed by atoms with Gasteiger partial charge in [0.1, 0.15) is 0 Å². The number of benzene rings is 2. The quantitative estimate of drug-likeness (QED) is 0.820. The van der Waals surface area contributed by atoms with Crippen LogP contribution in [0.15, 0.2) is 36.4 Å². The SMILES string of the molecule is CN1C(=O)Cc2ccc(CN3CCC4(CC3)OC(C(N)=O)c3ccc(Cl)cc34)cc21. The highest BCUT2D eigenvalue weighted by molar-refractivity contribution is 6.30. The van der Waals surface area contributed by atoms with Crippen LogP contribution in [-0.2, 0) is 32.9 Å². The minimum absolute atomic E-state index is 0.141. The Hall–Kier alpha value is -2.41. The predicted octanol–water partition coefficient (Wildman–Crippen LogP) is 2.91. The second-order valence-corrected chi connectivity index (χ2v) is 8.93. The Bertz CT molecular complexity index is 1050. The van der Waals surface area contributed by atoms with Crippen LogP contribution < -0.4 is 10.6 Å². The fourth-order valence-electron chi connectivity index (χ4n) is 5.02. The first kappa shape index (κ1) is 19.5. The zero-order chi connectivity index (χ0) is 21.0. The Kier molecular flexibility index (Phi) is 4.61.